The largest absolute Gasteiger partial charge is 0.465 e. The van der Waals surface area contributed by atoms with E-state index in [1.165, 1.54) is 11.0 Å². The van der Waals surface area contributed by atoms with Gasteiger partial charge in [-0.3, -0.25) is 4.90 Å². The molecule has 5 heteroatoms. The van der Waals surface area contributed by atoms with Gasteiger partial charge >= 0.3 is 12.1 Å². The van der Waals surface area contributed by atoms with Gasteiger partial charge < -0.3 is 9.84 Å². The molecule has 1 aliphatic heterocycles. The Hall–Kier alpha value is -1.52. The summed E-state index contributed by atoms with van der Waals surface area (Å²) in [5.74, 6) is -0.449. The summed E-state index contributed by atoms with van der Waals surface area (Å²) >= 11 is 0. The fraction of sp³-hybridized carbons (Fsp3) is 0.714. The molecule has 0 radical (unpaired) electrons. The van der Waals surface area contributed by atoms with E-state index < -0.39 is 12.1 Å². The second-order valence-electron chi connectivity index (χ2n) is 5.98. The number of likely N-dealkylation sites (tertiary alicyclic amines) is 1. The average molecular weight is 269 g/mol. The van der Waals surface area contributed by atoms with E-state index in [4.69, 9.17) is 4.74 Å². The molecule has 0 aromatic rings. The topological polar surface area (TPSA) is 66.8 Å². The highest BCUT2D eigenvalue weighted by Gasteiger charge is 2.43. The predicted octanol–water partition coefficient (Wildman–Crippen LogP) is 2.87. The maximum Gasteiger partial charge on any atom is 0.411 e. The quantitative estimate of drug-likeness (QED) is 0.618. The molecule has 0 saturated carbocycles. The summed E-state index contributed by atoms with van der Waals surface area (Å²) in [5.41, 5.74) is 0.447. The van der Waals surface area contributed by atoms with E-state index in [-0.39, 0.29) is 24.0 Å². The van der Waals surface area contributed by atoms with Crippen molar-refractivity contribution in [1.82, 2.24) is 4.90 Å². The van der Waals surface area contributed by atoms with Crippen LogP contribution in [0.25, 0.3) is 0 Å². The lowest BCUT2D eigenvalue weighted by Gasteiger charge is -2.28. The maximum atomic E-state index is 11.6. The molecule has 0 aliphatic carbocycles. The van der Waals surface area contributed by atoms with Crippen molar-refractivity contribution in [3.63, 3.8) is 0 Å². The van der Waals surface area contributed by atoms with Crippen molar-refractivity contribution in [3.8, 4) is 0 Å². The molecule has 108 valence electrons. The Balaban J connectivity index is 3.14. The first-order chi connectivity index (χ1) is 8.68. The Labute approximate surface area is 114 Å². The summed E-state index contributed by atoms with van der Waals surface area (Å²) < 4.78 is 4.89. The first kappa shape index (κ1) is 15.5. The van der Waals surface area contributed by atoms with Crippen LogP contribution in [0.1, 0.15) is 41.0 Å². The summed E-state index contributed by atoms with van der Waals surface area (Å²) in [6, 6.07) is -0.123. The molecule has 0 bridgehead atoms. The smallest absolute Gasteiger partial charge is 0.411 e. The molecule has 0 aromatic heterocycles. The zero-order valence-corrected chi connectivity index (χ0v) is 12.3. The number of rotatable bonds is 2. The van der Waals surface area contributed by atoms with Crippen LogP contribution in [0, 0.1) is 11.3 Å². The summed E-state index contributed by atoms with van der Waals surface area (Å²) in [4.78, 5) is 24.3. The highest BCUT2D eigenvalue weighted by atomic mass is 16.5. The fourth-order valence-electron chi connectivity index (χ4n) is 2.56. The molecule has 1 rings (SSSR count). The second-order valence-corrected chi connectivity index (χ2v) is 5.98. The summed E-state index contributed by atoms with van der Waals surface area (Å²) in [6.07, 6.45) is 1.03. The van der Waals surface area contributed by atoms with Gasteiger partial charge in [-0.2, -0.15) is 0 Å². The van der Waals surface area contributed by atoms with Crippen LogP contribution in [0.15, 0.2) is 11.8 Å². The van der Waals surface area contributed by atoms with Crippen LogP contribution in [0.3, 0.4) is 0 Å². The van der Waals surface area contributed by atoms with E-state index in [0.29, 0.717) is 5.70 Å². The number of hydrogen-bond acceptors (Lipinski definition) is 3. The van der Waals surface area contributed by atoms with Crippen molar-refractivity contribution in [1.29, 1.82) is 0 Å². The molecule has 2 atom stereocenters. The molecular formula is C14H23NO4. The van der Waals surface area contributed by atoms with Crippen LogP contribution in [-0.2, 0) is 9.53 Å². The van der Waals surface area contributed by atoms with Gasteiger partial charge in [0.15, 0.2) is 0 Å². The standard InChI is InChI=1S/C14H23NO4/c1-6-19-12(16)8-11-10(14(3,4)5)7-9(2)15(11)13(17)18/h8-10H,6-7H2,1-5H3,(H,17,18)/t9-,10?/m1/s1. The Kier molecular flexibility index (Phi) is 4.61. The number of hydrogen-bond donors (Lipinski definition) is 1. The molecule has 1 saturated heterocycles. The Morgan fingerprint density at radius 1 is 1.47 bits per heavy atom. The van der Waals surface area contributed by atoms with Crippen molar-refractivity contribution in [2.45, 2.75) is 47.1 Å². The van der Waals surface area contributed by atoms with E-state index in [9.17, 15) is 14.7 Å². The maximum absolute atomic E-state index is 11.6. The van der Waals surface area contributed by atoms with Gasteiger partial charge in [-0.15, -0.1) is 0 Å². The molecule has 19 heavy (non-hydrogen) atoms. The number of carboxylic acid groups (broad SMARTS) is 1. The molecule has 0 spiro atoms. The molecule has 1 unspecified atom stereocenters. The third kappa shape index (κ3) is 3.49. The van der Waals surface area contributed by atoms with Crippen LogP contribution < -0.4 is 0 Å². The number of esters is 1. The number of amides is 1. The summed E-state index contributed by atoms with van der Waals surface area (Å²) in [6.45, 7) is 10.0. The normalized spacial score (nSPS) is 25.7. The predicted molar refractivity (Wildman–Crippen MR) is 71.6 cm³/mol. The minimum Gasteiger partial charge on any atom is -0.465 e. The van der Waals surface area contributed by atoms with Crippen molar-refractivity contribution < 1.29 is 19.4 Å². The van der Waals surface area contributed by atoms with E-state index in [0.717, 1.165) is 6.42 Å². The van der Waals surface area contributed by atoms with Gasteiger partial charge in [-0.05, 0) is 25.7 Å². The third-order valence-corrected chi connectivity index (χ3v) is 3.46. The molecule has 0 aromatic carbocycles. The van der Waals surface area contributed by atoms with Crippen LogP contribution in [0.5, 0.6) is 0 Å². The number of carbonyl (C=O) groups is 2. The molecule has 5 nitrogen and oxygen atoms in total. The molecule has 1 amide bonds. The Bertz CT molecular complexity index is 395. The van der Waals surface area contributed by atoms with E-state index in [1.54, 1.807) is 6.92 Å². The molecule has 1 fully saturated rings. The first-order valence-electron chi connectivity index (χ1n) is 6.59. The zero-order valence-electron chi connectivity index (χ0n) is 12.3. The lowest BCUT2D eigenvalue weighted by atomic mass is 9.77. The van der Waals surface area contributed by atoms with Gasteiger partial charge in [0.05, 0.1) is 6.61 Å². The Morgan fingerprint density at radius 3 is 2.47 bits per heavy atom. The summed E-state index contributed by atoms with van der Waals surface area (Å²) in [5, 5.41) is 9.31. The molecular weight excluding hydrogens is 246 g/mol. The van der Waals surface area contributed by atoms with Crippen LogP contribution >= 0.6 is 0 Å². The van der Waals surface area contributed by atoms with Gasteiger partial charge in [0.25, 0.3) is 0 Å². The zero-order chi connectivity index (χ0) is 14.8. The van der Waals surface area contributed by atoms with E-state index in [1.807, 2.05) is 6.92 Å². The van der Waals surface area contributed by atoms with Crippen molar-refractivity contribution >= 4 is 12.1 Å². The Morgan fingerprint density at radius 2 is 2.05 bits per heavy atom. The van der Waals surface area contributed by atoms with Gasteiger partial charge in [0.1, 0.15) is 0 Å². The number of ether oxygens (including phenoxy) is 1. The monoisotopic (exact) mass is 269 g/mol. The van der Waals surface area contributed by atoms with Gasteiger partial charge in [0.2, 0.25) is 0 Å². The lowest BCUT2D eigenvalue weighted by Crippen LogP contribution is -2.32. The molecule has 1 heterocycles. The minimum atomic E-state index is -1.02. The van der Waals surface area contributed by atoms with Crippen molar-refractivity contribution in [2.24, 2.45) is 11.3 Å². The third-order valence-electron chi connectivity index (χ3n) is 3.46. The molecule has 1 N–H and O–H groups in total. The van der Waals surface area contributed by atoms with Gasteiger partial charge in [0, 0.05) is 23.7 Å². The summed E-state index contributed by atoms with van der Waals surface area (Å²) in [7, 11) is 0. The number of allylic oxidation sites excluding steroid dienone is 1. The first-order valence-corrected chi connectivity index (χ1v) is 6.59. The molecule has 1 aliphatic rings. The van der Waals surface area contributed by atoms with Crippen LogP contribution in [0.2, 0.25) is 0 Å². The van der Waals surface area contributed by atoms with Crippen LogP contribution in [-0.4, -0.2) is 34.7 Å². The van der Waals surface area contributed by atoms with E-state index >= 15 is 0 Å². The fourth-order valence-corrected chi connectivity index (χ4v) is 2.56. The minimum absolute atomic E-state index is 0.0306. The number of carbonyl (C=O) groups excluding carboxylic acids is 1. The van der Waals surface area contributed by atoms with Gasteiger partial charge in [-0.25, -0.2) is 9.59 Å². The van der Waals surface area contributed by atoms with Gasteiger partial charge in [-0.1, -0.05) is 20.8 Å². The SMILES string of the molecule is CCOC(=O)C=C1C(C(C)(C)C)C[C@@H](C)N1C(=O)O. The highest BCUT2D eigenvalue weighted by molar-refractivity contribution is 5.84. The van der Waals surface area contributed by atoms with E-state index in [2.05, 4.69) is 20.8 Å². The highest BCUT2D eigenvalue weighted by Crippen LogP contribution is 2.43. The second kappa shape index (κ2) is 5.63. The van der Waals surface area contributed by atoms with Crippen molar-refractivity contribution in [3.05, 3.63) is 11.8 Å². The van der Waals surface area contributed by atoms with Crippen LogP contribution in [0.4, 0.5) is 4.79 Å². The number of nitrogens with zero attached hydrogens (tertiary/aromatic N) is 1. The average Bonchev–Trinajstić information content (AvgIpc) is 2.55. The van der Waals surface area contributed by atoms with Crippen molar-refractivity contribution in [2.75, 3.05) is 6.61 Å². The lowest BCUT2D eigenvalue weighted by molar-refractivity contribution is -0.137.